The molecule has 3 rings (SSSR count). The fourth-order valence-corrected chi connectivity index (χ4v) is 3.93. The van der Waals surface area contributed by atoms with Gasteiger partial charge in [-0.05, 0) is 43.2 Å². The predicted octanol–water partition coefficient (Wildman–Crippen LogP) is 5.77. The van der Waals surface area contributed by atoms with Crippen molar-refractivity contribution in [2.24, 2.45) is 0 Å². The quantitative estimate of drug-likeness (QED) is 0.543. The van der Waals surface area contributed by atoms with Crippen molar-refractivity contribution in [2.45, 2.75) is 38.1 Å². The summed E-state index contributed by atoms with van der Waals surface area (Å²) in [6.45, 7) is 0. The van der Waals surface area contributed by atoms with Gasteiger partial charge in [0, 0.05) is 31.5 Å². The highest BCUT2D eigenvalue weighted by Crippen LogP contribution is 2.30. The zero-order chi connectivity index (χ0) is 21.7. The first kappa shape index (κ1) is 22.2. The Morgan fingerprint density at radius 1 is 1.00 bits per heavy atom. The maximum absolute atomic E-state index is 13.0. The number of hydrogen-bond acceptors (Lipinski definition) is 3. The molecule has 0 heterocycles. The molecule has 3 amide bonds. The molecule has 2 aromatic rings. The number of hydrogen-bond donors (Lipinski definition) is 3. The summed E-state index contributed by atoms with van der Waals surface area (Å²) in [5.74, 6) is -0.132. The van der Waals surface area contributed by atoms with Gasteiger partial charge >= 0.3 is 6.03 Å². The van der Waals surface area contributed by atoms with Crippen molar-refractivity contribution < 1.29 is 9.59 Å². The first-order chi connectivity index (χ1) is 14.3. The number of carbonyl (C=O) groups excluding carboxylic acids is 2. The lowest BCUT2D eigenvalue weighted by Crippen LogP contribution is -2.36. The lowest BCUT2D eigenvalue weighted by Gasteiger charge is -2.24. The standard InChI is InChI=1S/C22H26Cl2N4O2/c1-28(2)19-12-11-15(13-16(19)21(29)25-14-7-4-3-5-8-14)26-22(30)27-18-10-6-9-17(23)20(18)24/h6,9-14H,3-5,7-8H2,1-2H3,(H,25,29)(H2,26,27,30). The normalized spacial score (nSPS) is 14.1. The van der Waals surface area contributed by atoms with Crippen LogP contribution in [0.1, 0.15) is 42.5 Å². The molecular formula is C22H26Cl2N4O2. The van der Waals surface area contributed by atoms with Crippen LogP contribution < -0.4 is 20.9 Å². The van der Waals surface area contributed by atoms with E-state index in [-0.39, 0.29) is 17.0 Å². The molecule has 1 saturated carbocycles. The number of halogens is 2. The van der Waals surface area contributed by atoms with E-state index in [9.17, 15) is 9.59 Å². The highest BCUT2D eigenvalue weighted by Gasteiger charge is 2.20. The molecule has 0 saturated heterocycles. The van der Waals surface area contributed by atoms with Crippen LogP contribution in [0.3, 0.4) is 0 Å². The number of urea groups is 1. The summed E-state index contributed by atoms with van der Waals surface area (Å²) in [6, 6.07) is 9.98. The number of benzene rings is 2. The van der Waals surface area contributed by atoms with Gasteiger partial charge in [0.05, 0.1) is 21.3 Å². The van der Waals surface area contributed by atoms with Gasteiger partial charge in [0.25, 0.3) is 5.91 Å². The number of nitrogens with zero attached hydrogens (tertiary/aromatic N) is 1. The monoisotopic (exact) mass is 448 g/mol. The highest BCUT2D eigenvalue weighted by molar-refractivity contribution is 6.44. The summed E-state index contributed by atoms with van der Waals surface area (Å²) in [5.41, 5.74) is 2.21. The second kappa shape index (κ2) is 10.0. The summed E-state index contributed by atoms with van der Waals surface area (Å²) in [6.07, 6.45) is 5.51. The molecule has 1 aliphatic carbocycles. The van der Waals surface area contributed by atoms with Gasteiger partial charge in [0.15, 0.2) is 0 Å². The van der Waals surface area contributed by atoms with Crippen LogP contribution in [0.15, 0.2) is 36.4 Å². The molecular weight excluding hydrogens is 423 g/mol. The molecule has 8 heteroatoms. The summed E-state index contributed by atoms with van der Waals surface area (Å²) < 4.78 is 0. The SMILES string of the molecule is CN(C)c1ccc(NC(=O)Nc2cccc(Cl)c2Cl)cc1C(=O)NC1CCCCC1. The fourth-order valence-electron chi connectivity index (χ4n) is 3.58. The van der Waals surface area contributed by atoms with Gasteiger partial charge in [-0.1, -0.05) is 48.5 Å². The van der Waals surface area contributed by atoms with Gasteiger partial charge in [-0.25, -0.2) is 4.79 Å². The van der Waals surface area contributed by atoms with E-state index < -0.39 is 6.03 Å². The second-order valence-corrected chi connectivity index (χ2v) is 8.40. The predicted molar refractivity (Wildman–Crippen MR) is 124 cm³/mol. The third-order valence-corrected chi connectivity index (χ3v) is 5.94. The summed E-state index contributed by atoms with van der Waals surface area (Å²) in [5, 5.41) is 9.19. The van der Waals surface area contributed by atoms with Crippen molar-refractivity contribution in [2.75, 3.05) is 29.6 Å². The summed E-state index contributed by atoms with van der Waals surface area (Å²) in [4.78, 5) is 27.3. The Bertz CT molecular complexity index is 927. The van der Waals surface area contributed by atoms with Crippen LogP contribution in [0.2, 0.25) is 10.0 Å². The lowest BCUT2D eigenvalue weighted by atomic mass is 9.95. The van der Waals surface area contributed by atoms with Gasteiger partial charge in [0.1, 0.15) is 0 Å². The molecule has 2 aromatic carbocycles. The first-order valence-corrected chi connectivity index (χ1v) is 10.7. The molecule has 1 aliphatic rings. The minimum atomic E-state index is -0.476. The molecule has 160 valence electrons. The Balaban J connectivity index is 1.75. The molecule has 0 aromatic heterocycles. The number of anilines is 3. The van der Waals surface area contributed by atoms with Crippen molar-refractivity contribution in [1.29, 1.82) is 0 Å². The first-order valence-electron chi connectivity index (χ1n) is 9.99. The smallest absolute Gasteiger partial charge is 0.323 e. The van der Waals surface area contributed by atoms with Crippen LogP contribution in [-0.2, 0) is 0 Å². The molecule has 30 heavy (non-hydrogen) atoms. The van der Waals surface area contributed by atoms with Crippen LogP contribution in [-0.4, -0.2) is 32.1 Å². The average molecular weight is 449 g/mol. The van der Waals surface area contributed by atoms with Crippen LogP contribution in [0.25, 0.3) is 0 Å². The van der Waals surface area contributed by atoms with Gasteiger partial charge in [-0.3, -0.25) is 4.79 Å². The van der Waals surface area contributed by atoms with E-state index in [2.05, 4.69) is 16.0 Å². The van der Waals surface area contributed by atoms with Crippen molar-refractivity contribution in [3.63, 3.8) is 0 Å². The van der Waals surface area contributed by atoms with Gasteiger partial charge in [-0.15, -0.1) is 0 Å². The zero-order valence-corrected chi connectivity index (χ0v) is 18.6. The fraction of sp³-hybridized carbons (Fsp3) is 0.364. The van der Waals surface area contributed by atoms with Gasteiger partial charge in [0.2, 0.25) is 0 Å². The number of carbonyl (C=O) groups is 2. The number of rotatable bonds is 5. The minimum Gasteiger partial charge on any atom is -0.377 e. The van der Waals surface area contributed by atoms with Gasteiger partial charge in [-0.2, -0.15) is 0 Å². The van der Waals surface area contributed by atoms with Crippen molar-refractivity contribution in [3.8, 4) is 0 Å². The Morgan fingerprint density at radius 3 is 2.43 bits per heavy atom. The molecule has 0 bridgehead atoms. The molecule has 6 nitrogen and oxygen atoms in total. The Labute approximate surface area is 186 Å². The van der Waals surface area contributed by atoms with E-state index in [0.29, 0.717) is 22.0 Å². The Kier molecular flexibility index (Phi) is 7.45. The van der Waals surface area contributed by atoms with E-state index in [0.717, 1.165) is 31.4 Å². The van der Waals surface area contributed by atoms with Crippen molar-refractivity contribution in [3.05, 3.63) is 52.0 Å². The topological polar surface area (TPSA) is 73.5 Å². The molecule has 0 radical (unpaired) electrons. The van der Waals surface area contributed by atoms with E-state index in [1.165, 1.54) is 6.42 Å². The van der Waals surface area contributed by atoms with Gasteiger partial charge < -0.3 is 20.9 Å². The average Bonchev–Trinajstić information content (AvgIpc) is 2.72. The summed E-state index contributed by atoms with van der Waals surface area (Å²) >= 11 is 12.1. The second-order valence-electron chi connectivity index (χ2n) is 7.62. The third kappa shape index (κ3) is 5.58. The van der Waals surface area contributed by atoms with E-state index in [1.807, 2.05) is 25.1 Å². The van der Waals surface area contributed by atoms with E-state index in [1.54, 1.807) is 30.3 Å². The summed E-state index contributed by atoms with van der Waals surface area (Å²) in [7, 11) is 3.77. The third-order valence-electron chi connectivity index (χ3n) is 5.12. The number of amides is 3. The molecule has 0 unspecified atom stereocenters. The minimum absolute atomic E-state index is 0.132. The van der Waals surface area contributed by atoms with Crippen molar-refractivity contribution >= 4 is 52.2 Å². The molecule has 1 fully saturated rings. The van der Waals surface area contributed by atoms with Crippen molar-refractivity contribution in [1.82, 2.24) is 5.32 Å². The molecule has 3 N–H and O–H groups in total. The lowest BCUT2D eigenvalue weighted by molar-refractivity contribution is 0.0928. The van der Waals surface area contributed by atoms with Crippen LogP contribution in [0, 0.1) is 0 Å². The number of nitrogens with one attached hydrogen (secondary N) is 3. The zero-order valence-electron chi connectivity index (χ0n) is 17.1. The van der Waals surface area contributed by atoms with Crippen LogP contribution >= 0.6 is 23.2 Å². The van der Waals surface area contributed by atoms with E-state index >= 15 is 0 Å². The molecule has 0 spiro atoms. The maximum atomic E-state index is 13.0. The highest BCUT2D eigenvalue weighted by atomic mass is 35.5. The largest absolute Gasteiger partial charge is 0.377 e. The Morgan fingerprint density at radius 2 is 1.73 bits per heavy atom. The molecule has 0 atom stereocenters. The van der Waals surface area contributed by atoms with Crippen LogP contribution in [0.5, 0.6) is 0 Å². The maximum Gasteiger partial charge on any atom is 0.323 e. The van der Waals surface area contributed by atoms with E-state index in [4.69, 9.17) is 23.2 Å². The molecule has 0 aliphatic heterocycles. The van der Waals surface area contributed by atoms with Crippen LogP contribution in [0.4, 0.5) is 21.9 Å². The Hall–Kier alpha value is -2.44.